The number of likely N-dealkylation sites (tertiary alicyclic amines) is 1. The predicted molar refractivity (Wildman–Crippen MR) is 151 cm³/mol. The Balaban J connectivity index is 1.10. The minimum Gasteiger partial charge on any atom is -0.341 e. The van der Waals surface area contributed by atoms with Gasteiger partial charge in [-0.05, 0) is 68.2 Å². The van der Waals surface area contributed by atoms with Crippen LogP contribution in [0.2, 0.25) is 0 Å². The fraction of sp³-hybridized carbons (Fsp3) is 0.438. The zero-order valence-corrected chi connectivity index (χ0v) is 22.9. The molecule has 8 nitrogen and oxygen atoms in total. The van der Waals surface area contributed by atoms with Gasteiger partial charge in [0.25, 0.3) is 5.91 Å². The van der Waals surface area contributed by atoms with E-state index in [1.165, 1.54) is 5.56 Å². The number of nitrogens with two attached hydrogens (primary N) is 1. The summed E-state index contributed by atoms with van der Waals surface area (Å²) in [6.45, 7) is 3.81. The van der Waals surface area contributed by atoms with Gasteiger partial charge in [0.05, 0.1) is 6.04 Å². The Morgan fingerprint density at radius 2 is 1.82 bits per heavy atom. The molecule has 0 radical (unpaired) electrons. The molecule has 8 heteroatoms. The SMILES string of the molecule is Cc1ccc(C[C@H](N)C(=O)N2CCC(CCC#Cc3cccc4c3CN(C3CCC(=O)NC3=O)C4=O)CC2)cc1. The van der Waals surface area contributed by atoms with Crippen LogP contribution in [0.3, 0.4) is 0 Å². The number of hydrogen-bond acceptors (Lipinski definition) is 5. The molecule has 40 heavy (non-hydrogen) atoms. The van der Waals surface area contributed by atoms with Crippen LogP contribution in [-0.4, -0.2) is 58.6 Å². The molecule has 0 spiro atoms. The number of carbonyl (C=O) groups is 4. The third-order valence-corrected chi connectivity index (χ3v) is 8.30. The largest absolute Gasteiger partial charge is 0.341 e. The van der Waals surface area contributed by atoms with Crippen LogP contribution in [0.25, 0.3) is 0 Å². The first-order chi connectivity index (χ1) is 19.3. The first-order valence-corrected chi connectivity index (χ1v) is 14.2. The number of piperidine rings is 2. The summed E-state index contributed by atoms with van der Waals surface area (Å²) in [4.78, 5) is 53.2. The molecule has 0 aromatic heterocycles. The van der Waals surface area contributed by atoms with Gasteiger partial charge >= 0.3 is 0 Å². The molecule has 0 aliphatic carbocycles. The van der Waals surface area contributed by atoms with Gasteiger partial charge in [-0.3, -0.25) is 24.5 Å². The van der Waals surface area contributed by atoms with E-state index in [0.717, 1.165) is 55.5 Å². The summed E-state index contributed by atoms with van der Waals surface area (Å²) in [5, 5.41) is 2.34. The Kier molecular flexibility index (Phi) is 8.32. The number of carbonyl (C=O) groups excluding carboxylic acids is 4. The lowest BCUT2D eigenvalue weighted by atomic mass is 9.91. The van der Waals surface area contributed by atoms with Crippen LogP contribution in [-0.2, 0) is 27.3 Å². The number of aryl methyl sites for hydroxylation is 1. The molecule has 2 atom stereocenters. The van der Waals surface area contributed by atoms with Crippen molar-refractivity contribution >= 4 is 23.6 Å². The van der Waals surface area contributed by atoms with E-state index in [-0.39, 0.29) is 24.1 Å². The maximum Gasteiger partial charge on any atom is 0.255 e. The van der Waals surface area contributed by atoms with Crippen LogP contribution in [0.1, 0.15) is 71.1 Å². The molecule has 2 aromatic rings. The van der Waals surface area contributed by atoms with Crippen LogP contribution in [0.5, 0.6) is 0 Å². The fourth-order valence-electron chi connectivity index (χ4n) is 5.88. The van der Waals surface area contributed by atoms with E-state index < -0.39 is 18.0 Å². The molecule has 2 fully saturated rings. The number of amides is 4. The molecule has 3 aliphatic heterocycles. The van der Waals surface area contributed by atoms with Crippen LogP contribution in [0.15, 0.2) is 42.5 Å². The van der Waals surface area contributed by atoms with Crippen molar-refractivity contribution in [2.75, 3.05) is 13.1 Å². The van der Waals surface area contributed by atoms with E-state index in [1.807, 2.05) is 48.2 Å². The summed E-state index contributed by atoms with van der Waals surface area (Å²) in [6.07, 6.45) is 4.71. The second kappa shape index (κ2) is 12.1. The second-order valence-corrected chi connectivity index (χ2v) is 11.1. The van der Waals surface area contributed by atoms with Gasteiger partial charge < -0.3 is 15.5 Å². The lowest BCUT2D eigenvalue weighted by molar-refractivity contribution is -0.137. The molecule has 1 unspecified atom stereocenters. The molecule has 4 amide bonds. The highest BCUT2D eigenvalue weighted by Crippen LogP contribution is 2.29. The lowest BCUT2D eigenvalue weighted by Gasteiger charge is -2.33. The van der Waals surface area contributed by atoms with Crippen molar-refractivity contribution in [3.05, 3.63) is 70.3 Å². The third kappa shape index (κ3) is 6.10. The van der Waals surface area contributed by atoms with Crippen molar-refractivity contribution in [2.45, 2.75) is 70.5 Å². The van der Waals surface area contributed by atoms with Crippen molar-refractivity contribution < 1.29 is 19.2 Å². The average Bonchev–Trinajstić information content (AvgIpc) is 3.29. The van der Waals surface area contributed by atoms with Gasteiger partial charge in [-0.25, -0.2) is 0 Å². The zero-order valence-electron chi connectivity index (χ0n) is 22.9. The van der Waals surface area contributed by atoms with Gasteiger partial charge in [-0.2, -0.15) is 0 Å². The first-order valence-electron chi connectivity index (χ1n) is 14.2. The van der Waals surface area contributed by atoms with E-state index in [9.17, 15) is 19.2 Å². The summed E-state index contributed by atoms with van der Waals surface area (Å²) in [5.41, 5.74) is 10.8. The lowest BCUT2D eigenvalue weighted by Crippen LogP contribution is -2.52. The number of fused-ring (bicyclic) bond motifs is 1. The maximum atomic E-state index is 13.0. The van der Waals surface area contributed by atoms with Crippen molar-refractivity contribution in [1.82, 2.24) is 15.1 Å². The van der Waals surface area contributed by atoms with E-state index in [2.05, 4.69) is 17.2 Å². The molecule has 2 aromatic carbocycles. The molecule has 208 valence electrons. The normalized spacial score (nSPS) is 20.1. The first kappa shape index (κ1) is 27.6. The van der Waals surface area contributed by atoms with Crippen molar-refractivity contribution in [3.63, 3.8) is 0 Å². The monoisotopic (exact) mass is 540 g/mol. The van der Waals surface area contributed by atoms with Crippen molar-refractivity contribution in [3.8, 4) is 11.8 Å². The number of imide groups is 1. The Morgan fingerprint density at radius 3 is 2.55 bits per heavy atom. The van der Waals surface area contributed by atoms with Gasteiger partial charge in [0.2, 0.25) is 17.7 Å². The summed E-state index contributed by atoms with van der Waals surface area (Å²) in [5.74, 6) is 6.18. The topological polar surface area (TPSA) is 113 Å². The highest BCUT2D eigenvalue weighted by molar-refractivity contribution is 6.05. The molecule has 3 N–H and O–H groups in total. The summed E-state index contributed by atoms with van der Waals surface area (Å²) < 4.78 is 0. The minimum atomic E-state index is -0.631. The van der Waals surface area contributed by atoms with E-state index in [1.54, 1.807) is 11.0 Å². The van der Waals surface area contributed by atoms with E-state index in [4.69, 9.17) is 5.73 Å². The van der Waals surface area contributed by atoms with Gasteiger partial charge in [0, 0.05) is 43.6 Å². The number of nitrogens with zero attached hydrogens (tertiary/aromatic N) is 2. The van der Waals surface area contributed by atoms with Crippen LogP contribution >= 0.6 is 0 Å². The summed E-state index contributed by atoms with van der Waals surface area (Å²) in [7, 11) is 0. The second-order valence-electron chi connectivity index (χ2n) is 11.1. The molecule has 5 rings (SSSR count). The third-order valence-electron chi connectivity index (χ3n) is 8.30. The fourth-order valence-corrected chi connectivity index (χ4v) is 5.88. The highest BCUT2D eigenvalue weighted by Gasteiger charge is 2.39. The quantitative estimate of drug-likeness (QED) is 0.432. The number of rotatable bonds is 6. The van der Waals surface area contributed by atoms with Gasteiger partial charge in [-0.15, -0.1) is 0 Å². The van der Waals surface area contributed by atoms with E-state index >= 15 is 0 Å². The number of benzene rings is 2. The van der Waals surface area contributed by atoms with Crippen molar-refractivity contribution in [1.29, 1.82) is 0 Å². The highest BCUT2D eigenvalue weighted by atomic mass is 16.2. The molecule has 3 heterocycles. The number of hydrogen-bond donors (Lipinski definition) is 2. The summed E-state index contributed by atoms with van der Waals surface area (Å²) >= 11 is 0. The molecule has 0 bridgehead atoms. The smallest absolute Gasteiger partial charge is 0.255 e. The zero-order chi connectivity index (χ0) is 28.2. The van der Waals surface area contributed by atoms with Crippen LogP contribution in [0.4, 0.5) is 0 Å². The van der Waals surface area contributed by atoms with Crippen LogP contribution < -0.4 is 11.1 Å². The standard InChI is InChI=1S/C32H36N4O4/c1-21-9-11-23(12-10-21)19-27(33)32(40)35-17-15-22(16-18-35)5-2-3-6-24-7-4-8-25-26(24)20-36(31(25)39)28-13-14-29(37)34-30(28)38/h4,7-12,22,27-28H,2,5,13-20,33H2,1H3,(H,34,37,38)/t27-,28?/m0/s1. The Bertz CT molecular complexity index is 1370. The maximum absolute atomic E-state index is 13.0. The molecule has 2 saturated heterocycles. The van der Waals surface area contributed by atoms with Gasteiger partial charge in [0.15, 0.2) is 0 Å². The molecular formula is C32H36N4O4. The minimum absolute atomic E-state index is 0.0256. The predicted octanol–water partition coefficient (Wildman–Crippen LogP) is 2.70. The Morgan fingerprint density at radius 1 is 1.07 bits per heavy atom. The number of nitrogens with one attached hydrogen (secondary N) is 1. The van der Waals surface area contributed by atoms with Crippen molar-refractivity contribution in [2.24, 2.45) is 11.7 Å². The molecular weight excluding hydrogens is 504 g/mol. The van der Waals surface area contributed by atoms with Gasteiger partial charge in [0.1, 0.15) is 6.04 Å². The average molecular weight is 541 g/mol. The molecule has 3 aliphatic rings. The Hall–Kier alpha value is -3.96. The Labute approximate surface area is 235 Å². The summed E-state index contributed by atoms with van der Waals surface area (Å²) in [6, 6.07) is 12.5. The van der Waals surface area contributed by atoms with Gasteiger partial charge in [-0.1, -0.05) is 47.7 Å². The van der Waals surface area contributed by atoms with E-state index in [0.29, 0.717) is 30.9 Å². The molecule has 0 saturated carbocycles. The van der Waals surface area contributed by atoms with Crippen LogP contribution in [0, 0.1) is 24.7 Å².